The summed E-state index contributed by atoms with van der Waals surface area (Å²) in [5, 5.41) is 0. The first-order chi connectivity index (χ1) is 11.4. The molecule has 1 fully saturated rings. The zero-order chi connectivity index (χ0) is 17.9. The van der Waals surface area contributed by atoms with Crippen LogP contribution in [0.15, 0.2) is 35.9 Å². The standard InChI is InChI=1S/C18H17F2NO2S/c1-3-11-16(22)13(17(23)21(4-2)18(11)24)8-5-7-12-14(19)9-6-10-15(12)20/h5-11H,3-4H2,1-2H3. The zero-order valence-electron chi connectivity index (χ0n) is 13.4. The Morgan fingerprint density at radius 1 is 1.21 bits per heavy atom. The molecule has 0 aliphatic carbocycles. The van der Waals surface area contributed by atoms with Gasteiger partial charge in [0.2, 0.25) is 0 Å². The molecule has 1 aromatic carbocycles. The number of rotatable bonds is 4. The van der Waals surface area contributed by atoms with Gasteiger partial charge in [-0.05, 0) is 37.6 Å². The van der Waals surface area contributed by atoms with E-state index >= 15 is 0 Å². The van der Waals surface area contributed by atoms with E-state index in [0.29, 0.717) is 18.0 Å². The Balaban J connectivity index is 2.36. The van der Waals surface area contributed by atoms with Gasteiger partial charge >= 0.3 is 0 Å². The zero-order valence-corrected chi connectivity index (χ0v) is 14.2. The van der Waals surface area contributed by atoms with Crippen LogP contribution in [0, 0.1) is 17.6 Å². The van der Waals surface area contributed by atoms with Crippen LogP contribution in [0.3, 0.4) is 0 Å². The Hall–Kier alpha value is -2.21. The number of Topliss-reactive ketones (excluding diaryl/α,β-unsaturated/α-hetero) is 1. The Labute approximate surface area is 144 Å². The maximum atomic E-state index is 13.6. The number of hydrogen-bond acceptors (Lipinski definition) is 3. The summed E-state index contributed by atoms with van der Waals surface area (Å²) in [6.07, 6.45) is 4.29. The van der Waals surface area contributed by atoms with Gasteiger partial charge in [-0.1, -0.05) is 31.3 Å². The maximum Gasteiger partial charge on any atom is 0.262 e. The second-order valence-electron chi connectivity index (χ2n) is 5.29. The van der Waals surface area contributed by atoms with Crippen LogP contribution in [-0.2, 0) is 9.59 Å². The van der Waals surface area contributed by atoms with Crippen LogP contribution in [0.2, 0.25) is 0 Å². The van der Waals surface area contributed by atoms with E-state index < -0.39 is 23.5 Å². The molecule has 126 valence electrons. The number of piperidine rings is 1. The lowest BCUT2D eigenvalue weighted by molar-refractivity contribution is -0.129. The van der Waals surface area contributed by atoms with E-state index in [1.54, 1.807) is 6.92 Å². The highest BCUT2D eigenvalue weighted by Crippen LogP contribution is 2.24. The molecule has 0 aromatic heterocycles. The molecule has 1 amide bonds. The molecule has 3 nitrogen and oxygen atoms in total. The molecule has 0 spiro atoms. The van der Waals surface area contributed by atoms with Crippen molar-refractivity contribution in [2.75, 3.05) is 6.54 Å². The number of nitrogens with zero attached hydrogens (tertiary/aromatic N) is 1. The smallest absolute Gasteiger partial charge is 0.262 e. The number of likely N-dealkylation sites (N-methyl/N-ethyl adjacent to an activating group) is 1. The van der Waals surface area contributed by atoms with Crippen molar-refractivity contribution < 1.29 is 18.4 Å². The van der Waals surface area contributed by atoms with Gasteiger partial charge in [-0.15, -0.1) is 0 Å². The maximum absolute atomic E-state index is 13.6. The Bertz CT molecular complexity index is 707. The fourth-order valence-electron chi connectivity index (χ4n) is 2.56. The average molecular weight is 349 g/mol. The van der Waals surface area contributed by atoms with Crippen molar-refractivity contribution in [1.29, 1.82) is 0 Å². The van der Waals surface area contributed by atoms with Gasteiger partial charge in [0.1, 0.15) is 11.6 Å². The lowest BCUT2D eigenvalue weighted by Gasteiger charge is -2.32. The largest absolute Gasteiger partial charge is 0.302 e. The summed E-state index contributed by atoms with van der Waals surface area (Å²) in [4.78, 5) is 26.5. The molecule has 1 saturated heterocycles. The van der Waals surface area contributed by atoms with Gasteiger partial charge < -0.3 is 4.90 Å². The summed E-state index contributed by atoms with van der Waals surface area (Å²) >= 11 is 5.22. The van der Waals surface area contributed by atoms with Crippen molar-refractivity contribution in [3.8, 4) is 0 Å². The normalized spacial score (nSPS) is 20.5. The van der Waals surface area contributed by atoms with Crippen molar-refractivity contribution >= 4 is 35.0 Å². The highest BCUT2D eigenvalue weighted by Gasteiger charge is 2.39. The topological polar surface area (TPSA) is 37.4 Å². The summed E-state index contributed by atoms with van der Waals surface area (Å²) in [5.41, 5.74) is -0.245. The number of hydrogen-bond donors (Lipinski definition) is 0. The number of halogens is 2. The minimum Gasteiger partial charge on any atom is -0.302 e. The fourth-order valence-corrected chi connectivity index (χ4v) is 3.05. The summed E-state index contributed by atoms with van der Waals surface area (Å²) in [6, 6.07) is 3.54. The second-order valence-corrected chi connectivity index (χ2v) is 5.71. The first-order valence-electron chi connectivity index (χ1n) is 7.64. The number of carbonyl (C=O) groups is 2. The van der Waals surface area contributed by atoms with Crippen LogP contribution in [0.4, 0.5) is 8.78 Å². The predicted molar refractivity (Wildman–Crippen MR) is 92.2 cm³/mol. The number of likely N-dealkylation sites (tertiary alicyclic amines) is 1. The Kier molecular flexibility index (Phi) is 5.72. The van der Waals surface area contributed by atoms with Gasteiger partial charge in [-0.3, -0.25) is 9.59 Å². The summed E-state index contributed by atoms with van der Waals surface area (Å²) in [7, 11) is 0. The molecule has 0 saturated carbocycles. The number of benzene rings is 1. The highest BCUT2D eigenvalue weighted by molar-refractivity contribution is 7.80. The second kappa shape index (κ2) is 7.57. The summed E-state index contributed by atoms with van der Waals surface area (Å²) < 4.78 is 27.2. The molecule has 0 bridgehead atoms. The third-order valence-corrected chi connectivity index (χ3v) is 4.38. The SMILES string of the molecule is CCC1C(=O)C(=CC=Cc2c(F)cccc2F)C(=O)N(CC)C1=S. The van der Waals surface area contributed by atoms with Crippen LogP contribution in [-0.4, -0.2) is 28.1 Å². The average Bonchev–Trinajstić information content (AvgIpc) is 2.54. The van der Waals surface area contributed by atoms with Crippen LogP contribution in [0.25, 0.3) is 6.08 Å². The predicted octanol–water partition coefficient (Wildman–Crippen LogP) is 3.69. The molecule has 0 radical (unpaired) electrons. The van der Waals surface area contributed by atoms with E-state index in [9.17, 15) is 18.4 Å². The van der Waals surface area contributed by atoms with Gasteiger partial charge in [0.15, 0.2) is 5.78 Å². The third-order valence-electron chi connectivity index (χ3n) is 3.87. The van der Waals surface area contributed by atoms with E-state index in [1.165, 1.54) is 29.2 Å². The molecule has 1 aliphatic rings. The van der Waals surface area contributed by atoms with Crippen molar-refractivity contribution in [2.45, 2.75) is 20.3 Å². The number of carbonyl (C=O) groups excluding carboxylic acids is 2. The Morgan fingerprint density at radius 3 is 2.38 bits per heavy atom. The highest BCUT2D eigenvalue weighted by atomic mass is 32.1. The molecule has 1 unspecified atom stereocenters. The van der Waals surface area contributed by atoms with Crippen molar-refractivity contribution in [1.82, 2.24) is 4.90 Å². The molecular formula is C18H17F2NO2S. The van der Waals surface area contributed by atoms with Gasteiger partial charge in [-0.2, -0.15) is 0 Å². The molecule has 0 N–H and O–H groups in total. The number of allylic oxidation sites excluding steroid dienone is 2. The van der Waals surface area contributed by atoms with Crippen LogP contribution in [0.5, 0.6) is 0 Å². The first-order valence-corrected chi connectivity index (χ1v) is 8.05. The molecule has 1 heterocycles. The lowest BCUT2D eigenvalue weighted by atomic mass is 9.89. The Morgan fingerprint density at radius 2 is 1.83 bits per heavy atom. The molecule has 24 heavy (non-hydrogen) atoms. The minimum atomic E-state index is -0.714. The van der Waals surface area contributed by atoms with E-state index in [2.05, 4.69) is 0 Å². The monoisotopic (exact) mass is 349 g/mol. The van der Waals surface area contributed by atoms with Gasteiger partial charge in [0.25, 0.3) is 5.91 Å². The number of amides is 1. The van der Waals surface area contributed by atoms with Crippen LogP contribution in [0.1, 0.15) is 25.8 Å². The van der Waals surface area contributed by atoms with E-state index in [4.69, 9.17) is 12.2 Å². The van der Waals surface area contributed by atoms with Crippen molar-refractivity contribution in [3.63, 3.8) is 0 Å². The lowest BCUT2D eigenvalue weighted by Crippen LogP contribution is -2.49. The summed E-state index contributed by atoms with van der Waals surface area (Å²) in [5.74, 6) is -2.78. The quantitative estimate of drug-likeness (QED) is 0.473. The first kappa shape index (κ1) is 18.1. The van der Waals surface area contributed by atoms with Crippen LogP contribution < -0.4 is 0 Å². The van der Waals surface area contributed by atoms with Gasteiger partial charge in [-0.25, -0.2) is 8.78 Å². The minimum absolute atomic E-state index is 0.0229. The van der Waals surface area contributed by atoms with E-state index in [1.807, 2.05) is 6.92 Å². The van der Waals surface area contributed by atoms with E-state index in [-0.39, 0.29) is 16.9 Å². The third kappa shape index (κ3) is 3.33. The molecule has 1 atom stereocenters. The van der Waals surface area contributed by atoms with Gasteiger partial charge in [0.05, 0.1) is 16.5 Å². The summed E-state index contributed by atoms with van der Waals surface area (Å²) in [6.45, 7) is 3.96. The van der Waals surface area contributed by atoms with Crippen LogP contribution >= 0.6 is 12.2 Å². The van der Waals surface area contributed by atoms with E-state index in [0.717, 1.165) is 12.1 Å². The molecule has 1 aromatic rings. The fraction of sp³-hybridized carbons (Fsp3) is 0.278. The van der Waals surface area contributed by atoms with Gasteiger partial charge in [0, 0.05) is 12.1 Å². The molecule has 1 aliphatic heterocycles. The molecular weight excluding hydrogens is 332 g/mol. The number of thiocarbonyl (C=S) groups is 1. The van der Waals surface area contributed by atoms with Crippen molar-refractivity contribution in [2.24, 2.45) is 5.92 Å². The molecule has 6 heteroatoms. The van der Waals surface area contributed by atoms with Crippen molar-refractivity contribution in [3.05, 3.63) is 53.1 Å². The number of ketones is 1. The molecule has 2 rings (SSSR count).